The van der Waals surface area contributed by atoms with Gasteiger partial charge in [0.25, 0.3) is 0 Å². The first-order valence-electron chi connectivity index (χ1n) is 4.87. The van der Waals surface area contributed by atoms with Crippen LogP contribution >= 0.6 is 0 Å². The molecule has 0 aliphatic carbocycles. The quantitative estimate of drug-likeness (QED) is 0.713. The standard InChI is InChI=1S/C9H17N5O/c1-6(4-10)9(15)14(3)5-8-11-7(2)12-13-8/h6H,4-5,10H2,1-3H3,(H,11,12,13). The van der Waals surface area contributed by atoms with Crippen LogP contribution in [0.15, 0.2) is 0 Å². The third-order valence-electron chi connectivity index (χ3n) is 2.17. The summed E-state index contributed by atoms with van der Waals surface area (Å²) in [4.78, 5) is 17.4. The second-order valence-corrected chi connectivity index (χ2v) is 3.67. The molecule has 0 saturated heterocycles. The van der Waals surface area contributed by atoms with Gasteiger partial charge in [-0.15, -0.1) is 0 Å². The highest BCUT2D eigenvalue weighted by atomic mass is 16.2. The molecule has 1 atom stereocenters. The summed E-state index contributed by atoms with van der Waals surface area (Å²) < 4.78 is 0. The first kappa shape index (κ1) is 11.6. The zero-order valence-corrected chi connectivity index (χ0v) is 9.32. The second-order valence-electron chi connectivity index (χ2n) is 3.67. The zero-order valence-electron chi connectivity index (χ0n) is 9.32. The van der Waals surface area contributed by atoms with E-state index in [0.717, 1.165) is 5.82 Å². The second kappa shape index (κ2) is 4.88. The molecule has 3 N–H and O–H groups in total. The number of aryl methyl sites for hydroxylation is 1. The fourth-order valence-electron chi connectivity index (χ4n) is 1.23. The lowest BCUT2D eigenvalue weighted by Crippen LogP contribution is -2.34. The molecule has 1 aromatic heterocycles. The van der Waals surface area contributed by atoms with Crippen molar-refractivity contribution in [3.8, 4) is 0 Å². The van der Waals surface area contributed by atoms with Gasteiger partial charge in [-0.3, -0.25) is 9.89 Å². The third kappa shape index (κ3) is 3.02. The van der Waals surface area contributed by atoms with Gasteiger partial charge in [-0.05, 0) is 6.92 Å². The molecule has 0 aliphatic heterocycles. The first-order chi connectivity index (χ1) is 7.04. The lowest BCUT2D eigenvalue weighted by molar-refractivity contribution is -0.133. The van der Waals surface area contributed by atoms with Gasteiger partial charge >= 0.3 is 0 Å². The van der Waals surface area contributed by atoms with E-state index in [1.165, 1.54) is 0 Å². The number of carbonyl (C=O) groups is 1. The Morgan fingerprint density at radius 3 is 2.80 bits per heavy atom. The molecular formula is C9H17N5O. The number of hydrogen-bond donors (Lipinski definition) is 2. The van der Waals surface area contributed by atoms with E-state index in [2.05, 4.69) is 15.2 Å². The molecule has 1 heterocycles. The molecule has 1 rings (SSSR count). The molecule has 1 unspecified atom stereocenters. The summed E-state index contributed by atoms with van der Waals surface area (Å²) in [5.41, 5.74) is 5.42. The van der Waals surface area contributed by atoms with Crippen molar-refractivity contribution in [2.24, 2.45) is 11.7 Å². The minimum Gasteiger partial charge on any atom is -0.338 e. The average Bonchev–Trinajstić information content (AvgIpc) is 2.61. The van der Waals surface area contributed by atoms with Crippen molar-refractivity contribution in [2.75, 3.05) is 13.6 Å². The Balaban J connectivity index is 2.55. The van der Waals surface area contributed by atoms with E-state index in [0.29, 0.717) is 18.9 Å². The molecule has 0 aliphatic rings. The minimum absolute atomic E-state index is 0.0138. The number of nitrogens with two attached hydrogens (primary N) is 1. The van der Waals surface area contributed by atoms with Gasteiger partial charge in [0, 0.05) is 19.5 Å². The minimum atomic E-state index is -0.157. The number of H-pyrrole nitrogens is 1. The van der Waals surface area contributed by atoms with Gasteiger partial charge in [0.1, 0.15) is 5.82 Å². The monoisotopic (exact) mass is 211 g/mol. The van der Waals surface area contributed by atoms with Crippen molar-refractivity contribution < 1.29 is 4.79 Å². The Labute approximate surface area is 88.9 Å². The Morgan fingerprint density at radius 2 is 2.33 bits per heavy atom. The van der Waals surface area contributed by atoms with Crippen LogP contribution in [0.5, 0.6) is 0 Å². The SMILES string of the molecule is Cc1nc(CN(C)C(=O)C(C)CN)n[nH]1. The molecule has 15 heavy (non-hydrogen) atoms. The number of rotatable bonds is 4. The Bertz CT molecular complexity index is 335. The molecular weight excluding hydrogens is 194 g/mol. The summed E-state index contributed by atoms with van der Waals surface area (Å²) in [6, 6.07) is 0. The van der Waals surface area contributed by atoms with Gasteiger partial charge in [0.05, 0.1) is 6.54 Å². The van der Waals surface area contributed by atoms with E-state index >= 15 is 0 Å². The smallest absolute Gasteiger partial charge is 0.226 e. The molecule has 1 amide bonds. The van der Waals surface area contributed by atoms with Crippen LogP contribution in [0.3, 0.4) is 0 Å². The average molecular weight is 211 g/mol. The van der Waals surface area contributed by atoms with Crippen molar-refractivity contribution in [3.63, 3.8) is 0 Å². The van der Waals surface area contributed by atoms with Crippen LogP contribution in [0.4, 0.5) is 0 Å². The molecule has 0 spiro atoms. The van der Waals surface area contributed by atoms with E-state index in [-0.39, 0.29) is 11.8 Å². The maximum absolute atomic E-state index is 11.7. The van der Waals surface area contributed by atoms with E-state index in [1.807, 2.05) is 13.8 Å². The van der Waals surface area contributed by atoms with Gasteiger partial charge in [-0.1, -0.05) is 6.92 Å². The number of aromatic nitrogens is 3. The summed E-state index contributed by atoms with van der Waals surface area (Å²) in [5, 5.41) is 6.69. The first-order valence-corrected chi connectivity index (χ1v) is 4.87. The highest BCUT2D eigenvalue weighted by molar-refractivity contribution is 5.78. The van der Waals surface area contributed by atoms with Gasteiger partial charge in [0.2, 0.25) is 5.91 Å². The fraction of sp³-hybridized carbons (Fsp3) is 0.667. The zero-order chi connectivity index (χ0) is 11.4. The Morgan fingerprint density at radius 1 is 1.67 bits per heavy atom. The molecule has 0 aromatic carbocycles. The number of carbonyl (C=O) groups excluding carboxylic acids is 1. The van der Waals surface area contributed by atoms with Gasteiger partial charge < -0.3 is 10.6 Å². The van der Waals surface area contributed by atoms with Crippen molar-refractivity contribution >= 4 is 5.91 Å². The largest absolute Gasteiger partial charge is 0.338 e. The highest BCUT2D eigenvalue weighted by Crippen LogP contribution is 2.02. The summed E-state index contributed by atoms with van der Waals surface area (Å²) in [6.45, 7) is 4.40. The summed E-state index contributed by atoms with van der Waals surface area (Å²) in [6.07, 6.45) is 0. The Hall–Kier alpha value is -1.43. The summed E-state index contributed by atoms with van der Waals surface area (Å²) in [7, 11) is 1.72. The molecule has 0 fully saturated rings. The van der Waals surface area contributed by atoms with Crippen molar-refractivity contribution in [1.82, 2.24) is 20.1 Å². The Kier molecular flexibility index (Phi) is 3.79. The molecule has 84 valence electrons. The predicted molar refractivity (Wildman–Crippen MR) is 55.8 cm³/mol. The maximum atomic E-state index is 11.7. The third-order valence-corrected chi connectivity index (χ3v) is 2.17. The van der Waals surface area contributed by atoms with Crippen LogP contribution in [-0.2, 0) is 11.3 Å². The van der Waals surface area contributed by atoms with Crippen LogP contribution in [-0.4, -0.2) is 39.6 Å². The fourth-order valence-corrected chi connectivity index (χ4v) is 1.23. The number of hydrogen-bond acceptors (Lipinski definition) is 4. The van der Waals surface area contributed by atoms with Crippen LogP contribution < -0.4 is 5.73 Å². The van der Waals surface area contributed by atoms with Gasteiger partial charge in [0.15, 0.2) is 5.82 Å². The van der Waals surface area contributed by atoms with Crippen molar-refractivity contribution in [3.05, 3.63) is 11.6 Å². The molecule has 6 nitrogen and oxygen atoms in total. The van der Waals surface area contributed by atoms with Crippen molar-refractivity contribution in [2.45, 2.75) is 20.4 Å². The molecule has 0 bridgehead atoms. The molecule has 0 radical (unpaired) electrons. The number of nitrogens with one attached hydrogen (secondary N) is 1. The van der Waals surface area contributed by atoms with E-state index in [4.69, 9.17) is 5.73 Å². The van der Waals surface area contributed by atoms with E-state index < -0.39 is 0 Å². The molecule has 6 heteroatoms. The lowest BCUT2D eigenvalue weighted by atomic mass is 10.1. The predicted octanol–water partition coefficient (Wildman–Crippen LogP) is -0.334. The lowest BCUT2D eigenvalue weighted by Gasteiger charge is -2.18. The van der Waals surface area contributed by atoms with E-state index in [1.54, 1.807) is 11.9 Å². The molecule has 1 aromatic rings. The van der Waals surface area contributed by atoms with Crippen LogP contribution in [0.25, 0.3) is 0 Å². The van der Waals surface area contributed by atoms with Gasteiger partial charge in [-0.2, -0.15) is 5.10 Å². The highest BCUT2D eigenvalue weighted by Gasteiger charge is 2.17. The number of nitrogens with zero attached hydrogens (tertiary/aromatic N) is 3. The summed E-state index contributed by atoms with van der Waals surface area (Å²) >= 11 is 0. The van der Waals surface area contributed by atoms with E-state index in [9.17, 15) is 4.79 Å². The van der Waals surface area contributed by atoms with Crippen LogP contribution in [0, 0.1) is 12.8 Å². The normalized spacial score (nSPS) is 12.5. The van der Waals surface area contributed by atoms with Crippen LogP contribution in [0.2, 0.25) is 0 Å². The van der Waals surface area contributed by atoms with Gasteiger partial charge in [-0.25, -0.2) is 4.98 Å². The van der Waals surface area contributed by atoms with Crippen molar-refractivity contribution in [1.29, 1.82) is 0 Å². The maximum Gasteiger partial charge on any atom is 0.226 e. The number of aromatic amines is 1. The van der Waals surface area contributed by atoms with Crippen LogP contribution in [0.1, 0.15) is 18.6 Å². The topological polar surface area (TPSA) is 87.9 Å². The number of amides is 1. The summed E-state index contributed by atoms with van der Waals surface area (Å²) in [5.74, 6) is 1.22. The molecule has 0 saturated carbocycles.